The average Bonchev–Trinajstić information content (AvgIpc) is 3.16. The molecule has 134 valence electrons. The first-order valence-corrected chi connectivity index (χ1v) is 8.86. The predicted molar refractivity (Wildman–Crippen MR) is 98.7 cm³/mol. The highest BCUT2D eigenvalue weighted by Crippen LogP contribution is 2.26. The van der Waals surface area contributed by atoms with Crippen molar-refractivity contribution in [3.8, 4) is 0 Å². The molecule has 0 bridgehead atoms. The van der Waals surface area contributed by atoms with Gasteiger partial charge in [-0.2, -0.15) is 0 Å². The number of ether oxygens (including phenoxy) is 1. The first-order chi connectivity index (χ1) is 12.2. The van der Waals surface area contributed by atoms with Crippen LogP contribution >= 0.6 is 0 Å². The van der Waals surface area contributed by atoms with Crippen molar-refractivity contribution in [1.82, 2.24) is 9.97 Å². The molecule has 1 aromatic carbocycles. The molecule has 2 heterocycles. The van der Waals surface area contributed by atoms with Gasteiger partial charge in [0.25, 0.3) is 0 Å². The van der Waals surface area contributed by atoms with Crippen LogP contribution in [0.1, 0.15) is 25.5 Å². The Bertz CT molecular complexity index is 680. The number of rotatable bonds is 6. The zero-order valence-corrected chi connectivity index (χ0v) is 14.9. The van der Waals surface area contributed by atoms with E-state index < -0.39 is 0 Å². The lowest BCUT2D eigenvalue weighted by molar-refractivity contribution is -0.125. The summed E-state index contributed by atoms with van der Waals surface area (Å²) in [5.41, 5.74) is 3.08. The number of benzene rings is 1. The number of hydrogen-bond acceptors (Lipinski definition) is 4. The van der Waals surface area contributed by atoms with Gasteiger partial charge in [-0.1, -0.05) is 6.07 Å². The summed E-state index contributed by atoms with van der Waals surface area (Å²) in [4.78, 5) is 24.1. The molecule has 1 aliphatic rings. The van der Waals surface area contributed by atoms with Gasteiger partial charge in [0.2, 0.25) is 5.91 Å². The van der Waals surface area contributed by atoms with Gasteiger partial charge in [-0.15, -0.1) is 0 Å². The van der Waals surface area contributed by atoms with Crippen LogP contribution in [0.5, 0.6) is 0 Å². The van der Waals surface area contributed by atoms with Crippen LogP contribution in [0.15, 0.2) is 36.8 Å². The van der Waals surface area contributed by atoms with E-state index in [2.05, 4.69) is 27.0 Å². The lowest BCUT2D eigenvalue weighted by Gasteiger charge is -2.29. The van der Waals surface area contributed by atoms with Gasteiger partial charge >= 0.3 is 0 Å². The lowest BCUT2D eigenvalue weighted by Crippen LogP contribution is -2.38. The van der Waals surface area contributed by atoms with E-state index in [1.165, 1.54) is 0 Å². The van der Waals surface area contributed by atoms with Crippen molar-refractivity contribution >= 4 is 17.3 Å². The van der Waals surface area contributed by atoms with E-state index in [1.54, 1.807) is 6.33 Å². The molecular formula is C19H26N4O2. The summed E-state index contributed by atoms with van der Waals surface area (Å²) in [6.45, 7) is 4.80. The van der Waals surface area contributed by atoms with E-state index in [9.17, 15) is 4.79 Å². The molecule has 0 spiro atoms. The van der Waals surface area contributed by atoms with Gasteiger partial charge in [0.15, 0.2) is 0 Å². The summed E-state index contributed by atoms with van der Waals surface area (Å²) in [7, 11) is 2.04. The van der Waals surface area contributed by atoms with Crippen LogP contribution in [0.4, 0.5) is 11.4 Å². The van der Waals surface area contributed by atoms with Crippen LogP contribution < -0.4 is 9.80 Å². The topological polar surface area (TPSA) is 61.5 Å². The number of nitrogens with zero attached hydrogens (tertiary/aromatic N) is 3. The molecule has 0 unspecified atom stereocenters. The van der Waals surface area contributed by atoms with Gasteiger partial charge in [0.1, 0.15) is 0 Å². The van der Waals surface area contributed by atoms with Crippen LogP contribution in [0, 0.1) is 5.92 Å². The first-order valence-electron chi connectivity index (χ1n) is 8.86. The number of carbonyl (C=O) groups excluding carboxylic acids is 1. The van der Waals surface area contributed by atoms with E-state index in [1.807, 2.05) is 37.2 Å². The van der Waals surface area contributed by atoms with Gasteiger partial charge < -0.3 is 19.5 Å². The Balaban J connectivity index is 1.75. The highest BCUT2D eigenvalue weighted by atomic mass is 16.5. The van der Waals surface area contributed by atoms with Gasteiger partial charge in [-0.3, -0.25) is 4.79 Å². The number of nitrogens with one attached hydrogen (secondary N) is 1. The molecular weight excluding hydrogens is 316 g/mol. The molecule has 2 aromatic rings. The van der Waals surface area contributed by atoms with E-state index in [-0.39, 0.29) is 11.8 Å². The van der Waals surface area contributed by atoms with E-state index in [0.29, 0.717) is 19.8 Å². The molecule has 1 aliphatic heterocycles. The third kappa shape index (κ3) is 4.20. The number of aromatic nitrogens is 2. The normalized spacial score (nSPS) is 15.1. The van der Waals surface area contributed by atoms with Crippen molar-refractivity contribution in [2.45, 2.75) is 26.3 Å². The average molecular weight is 342 g/mol. The van der Waals surface area contributed by atoms with Crippen LogP contribution in [0.2, 0.25) is 0 Å². The van der Waals surface area contributed by atoms with Crippen LogP contribution in [-0.2, 0) is 16.1 Å². The Morgan fingerprint density at radius 2 is 2.08 bits per heavy atom. The predicted octanol–water partition coefficient (Wildman–Crippen LogP) is 2.83. The fraction of sp³-hybridized carbons (Fsp3) is 0.474. The minimum absolute atomic E-state index is 0.0695. The first kappa shape index (κ1) is 17.5. The Labute approximate surface area is 148 Å². The molecule has 0 saturated carbocycles. The van der Waals surface area contributed by atoms with Crippen molar-refractivity contribution in [2.75, 3.05) is 36.6 Å². The van der Waals surface area contributed by atoms with Crippen LogP contribution in [-0.4, -0.2) is 42.7 Å². The number of aromatic amines is 1. The van der Waals surface area contributed by atoms with Gasteiger partial charge in [0, 0.05) is 50.3 Å². The van der Waals surface area contributed by atoms with Crippen molar-refractivity contribution in [3.63, 3.8) is 0 Å². The molecule has 1 aromatic heterocycles. The second kappa shape index (κ2) is 8.16. The maximum atomic E-state index is 12.9. The number of imidazole rings is 1. The minimum atomic E-state index is 0.0695. The molecule has 1 saturated heterocycles. The Morgan fingerprint density at radius 3 is 2.76 bits per heavy atom. The van der Waals surface area contributed by atoms with Gasteiger partial charge in [-0.25, -0.2) is 4.98 Å². The number of amides is 1. The summed E-state index contributed by atoms with van der Waals surface area (Å²) < 4.78 is 5.38. The van der Waals surface area contributed by atoms with Crippen molar-refractivity contribution in [1.29, 1.82) is 0 Å². The smallest absolute Gasteiger partial charge is 0.230 e. The summed E-state index contributed by atoms with van der Waals surface area (Å²) in [6.07, 6.45) is 5.14. The van der Waals surface area contributed by atoms with Gasteiger partial charge in [0.05, 0.1) is 18.6 Å². The van der Waals surface area contributed by atoms with E-state index in [0.717, 1.165) is 36.5 Å². The standard InChI is InChI=1S/C19H26N4O2/c1-3-23(19(24)15-7-9-25-10-8-15)18-6-4-5-17(11-18)22(2)13-16-12-20-14-21-16/h4-6,11-12,14-15H,3,7-10,13H2,1-2H3,(H,20,21). The summed E-state index contributed by atoms with van der Waals surface area (Å²) in [5, 5.41) is 0. The summed E-state index contributed by atoms with van der Waals surface area (Å²) in [6, 6.07) is 8.16. The molecule has 1 fully saturated rings. The molecule has 6 heteroatoms. The molecule has 1 N–H and O–H groups in total. The SMILES string of the molecule is CCN(C(=O)C1CCOCC1)c1cccc(N(C)Cc2cnc[nH]2)c1. The second-order valence-electron chi connectivity index (χ2n) is 6.42. The molecule has 0 aliphatic carbocycles. The molecule has 6 nitrogen and oxygen atoms in total. The fourth-order valence-electron chi connectivity index (χ4n) is 3.25. The largest absolute Gasteiger partial charge is 0.381 e. The molecule has 1 amide bonds. The molecule has 0 atom stereocenters. The quantitative estimate of drug-likeness (QED) is 0.877. The van der Waals surface area contributed by atoms with Crippen molar-refractivity contribution in [2.24, 2.45) is 5.92 Å². The molecule has 0 radical (unpaired) electrons. The molecule has 3 rings (SSSR count). The number of hydrogen-bond donors (Lipinski definition) is 1. The summed E-state index contributed by atoms with van der Waals surface area (Å²) >= 11 is 0. The fourth-order valence-corrected chi connectivity index (χ4v) is 3.25. The Hall–Kier alpha value is -2.34. The number of H-pyrrole nitrogens is 1. The Kier molecular flexibility index (Phi) is 5.71. The lowest BCUT2D eigenvalue weighted by atomic mass is 9.98. The van der Waals surface area contributed by atoms with E-state index in [4.69, 9.17) is 4.74 Å². The third-order valence-electron chi connectivity index (χ3n) is 4.70. The highest BCUT2D eigenvalue weighted by molar-refractivity contribution is 5.95. The Morgan fingerprint density at radius 1 is 1.32 bits per heavy atom. The number of carbonyl (C=O) groups is 1. The van der Waals surface area contributed by atoms with Crippen LogP contribution in [0.25, 0.3) is 0 Å². The second-order valence-corrected chi connectivity index (χ2v) is 6.42. The van der Waals surface area contributed by atoms with Crippen molar-refractivity contribution in [3.05, 3.63) is 42.5 Å². The highest BCUT2D eigenvalue weighted by Gasteiger charge is 2.26. The van der Waals surface area contributed by atoms with Gasteiger partial charge in [-0.05, 0) is 38.0 Å². The monoisotopic (exact) mass is 342 g/mol. The van der Waals surface area contributed by atoms with E-state index >= 15 is 0 Å². The minimum Gasteiger partial charge on any atom is -0.381 e. The van der Waals surface area contributed by atoms with Crippen molar-refractivity contribution < 1.29 is 9.53 Å². The van der Waals surface area contributed by atoms with Crippen LogP contribution in [0.3, 0.4) is 0 Å². The zero-order valence-electron chi connectivity index (χ0n) is 14.9. The third-order valence-corrected chi connectivity index (χ3v) is 4.70. The molecule has 25 heavy (non-hydrogen) atoms. The number of anilines is 2. The zero-order chi connectivity index (χ0) is 17.6. The summed E-state index contributed by atoms with van der Waals surface area (Å²) in [5.74, 6) is 0.277. The maximum Gasteiger partial charge on any atom is 0.230 e. The maximum absolute atomic E-state index is 12.9.